The molecule has 0 bridgehead atoms. The van der Waals surface area contributed by atoms with Gasteiger partial charge in [-0.2, -0.15) is 0 Å². The molecule has 0 fully saturated rings. The van der Waals surface area contributed by atoms with Crippen molar-refractivity contribution in [3.8, 4) is 5.75 Å². The second kappa shape index (κ2) is 5.84. The largest absolute Gasteiger partial charge is 0.486 e. The SMILES string of the molecule is CC(O)C(C)Oc1c(Br)cc(C(=O)O)cc1Br. The fraction of sp³-hybridized carbons (Fsp3) is 0.364. The highest BCUT2D eigenvalue weighted by Crippen LogP contribution is 2.35. The van der Waals surface area contributed by atoms with E-state index >= 15 is 0 Å². The molecule has 0 radical (unpaired) electrons. The average Bonchev–Trinajstić information content (AvgIpc) is 2.22. The lowest BCUT2D eigenvalue weighted by Gasteiger charge is -2.19. The van der Waals surface area contributed by atoms with E-state index in [9.17, 15) is 9.90 Å². The molecular formula is C11H12Br2O4. The summed E-state index contributed by atoms with van der Waals surface area (Å²) >= 11 is 6.49. The number of carbonyl (C=O) groups is 1. The normalized spacial score (nSPS) is 14.2. The van der Waals surface area contributed by atoms with Gasteiger partial charge in [-0.25, -0.2) is 4.79 Å². The summed E-state index contributed by atoms with van der Waals surface area (Å²) in [6.07, 6.45) is -1.01. The molecule has 6 heteroatoms. The molecule has 0 aliphatic rings. The molecule has 94 valence electrons. The average molecular weight is 368 g/mol. The van der Waals surface area contributed by atoms with Gasteiger partial charge in [-0.05, 0) is 57.8 Å². The lowest BCUT2D eigenvalue weighted by Crippen LogP contribution is -2.25. The second-order valence-corrected chi connectivity index (χ2v) is 5.35. The first-order valence-electron chi connectivity index (χ1n) is 4.90. The Kier molecular flexibility index (Phi) is 4.97. The van der Waals surface area contributed by atoms with E-state index in [-0.39, 0.29) is 5.56 Å². The minimum absolute atomic E-state index is 0.154. The highest BCUT2D eigenvalue weighted by Gasteiger charge is 2.17. The molecule has 0 saturated heterocycles. The molecule has 17 heavy (non-hydrogen) atoms. The first kappa shape index (κ1) is 14.5. The van der Waals surface area contributed by atoms with Gasteiger partial charge in [0.2, 0.25) is 0 Å². The Balaban J connectivity index is 3.06. The van der Waals surface area contributed by atoms with Crippen LogP contribution in [-0.2, 0) is 0 Å². The number of rotatable bonds is 4. The van der Waals surface area contributed by atoms with E-state index in [2.05, 4.69) is 31.9 Å². The third-order valence-corrected chi connectivity index (χ3v) is 3.41. The van der Waals surface area contributed by atoms with Gasteiger partial charge in [-0.1, -0.05) is 0 Å². The lowest BCUT2D eigenvalue weighted by atomic mass is 10.2. The van der Waals surface area contributed by atoms with Crippen molar-refractivity contribution in [2.45, 2.75) is 26.1 Å². The van der Waals surface area contributed by atoms with E-state index in [1.54, 1.807) is 13.8 Å². The standard InChI is InChI=1S/C11H12Br2O4/c1-5(14)6(2)17-10-8(12)3-7(11(15)16)4-9(10)13/h3-6,14H,1-2H3,(H,15,16). The molecule has 1 rings (SSSR count). The van der Waals surface area contributed by atoms with E-state index in [0.29, 0.717) is 14.7 Å². The minimum atomic E-state index is -1.01. The van der Waals surface area contributed by atoms with Crippen LogP contribution >= 0.6 is 31.9 Å². The van der Waals surface area contributed by atoms with Crippen LogP contribution in [-0.4, -0.2) is 28.4 Å². The van der Waals surface area contributed by atoms with Crippen molar-refractivity contribution < 1.29 is 19.7 Å². The molecule has 0 spiro atoms. The van der Waals surface area contributed by atoms with Crippen LogP contribution in [0.25, 0.3) is 0 Å². The summed E-state index contributed by atoms with van der Waals surface area (Å²) in [7, 11) is 0. The molecule has 1 aromatic rings. The van der Waals surface area contributed by atoms with E-state index in [1.165, 1.54) is 12.1 Å². The molecule has 2 unspecified atom stereocenters. The smallest absolute Gasteiger partial charge is 0.335 e. The van der Waals surface area contributed by atoms with Gasteiger partial charge in [0.15, 0.2) is 0 Å². The Hall–Kier alpha value is -0.590. The lowest BCUT2D eigenvalue weighted by molar-refractivity contribution is 0.0593. The van der Waals surface area contributed by atoms with Crippen LogP contribution in [0.3, 0.4) is 0 Å². The van der Waals surface area contributed by atoms with Crippen molar-refractivity contribution >= 4 is 37.8 Å². The molecule has 2 atom stereocenters. The Morgan fingerprint density at radius 3 is 2.12 bits per heavy atom. The number of benzene rings is 1. The summed E-state index contributed by atoms with van der Waals surface area (Å²) in [6, 6.07) is 2.91. The predicted octanol–water partition coefficient (Wildman–Crippen LogP) is 3.06. The van der Waals surface area contributed by atoms with Crippen LogP contribution in [0.5, 0.6) is 5.75 Å². The van der Waals surface area contributed by atoms with Gasteiger partial charge in [-0.3, -0.25) is 0 Å². The third kappa shape index (κ3) is 3.69. The topological polar surface area (TPSA) is 66.8 Å². The van der Waals surface area contributed by atoms with Crippen molar-refractivity contribution in [3.63, 3.8) is 0 Å². The molecule has 4 nitrogen and oxygen atoms in total. The van der Waals surface area contributed by atoms with Gasteiger partial charge in [0.1, 0.15) is 11.9 Å². The zero-order valence-corrected chi connectivity index (χ0v) is 12.4. The van der Waals surface area contributed by atoms with E-state index in [1.807, 2.05) is 0 Å². The molecule has 2 N–H and O–H groups in total. The van der Waals surface area contributed by atoms with Crippen molar-refractivity contribution in [1.82, 2.24) is 0 Å². The first-order valence-corrected chi connectivity index (χ1v) is 6.48. The fourth-order valence-corrected chi connectivity index (χ4v) is 2.45. The molecule has 0 saturated carbocycles. The number of carboxylic acid groups (broad SMARTS) is 1. The monoisotopic (exact) mass is 366 g/mol. The quantitative estimate of drug-likeness (QED) is 0.858. The van der Waals surface area contributed by atoms with Crippen LogP contribution in [0, 0.1) is 0 Å². The fourth-order valence-electron chi connectivity index (χ4n) is 1.08. The molecule has 0 aromatic heterocycles. The Bertz CT molecular complexity index is 408. The highest BCUT2D eigenvalue weighted by molar-refractivity contribution is 9.11. The zero-order chi connectivity index (χ0) is 13.2. The Labute approximate surface area is 116 Å². The molecule has 0 amide bonds. The van der Waals surface area contributed by atoms with E-state index in [4.69, 9.17) is 9.84 Å². The summed E-state index contributed by atoms with van der Waals surface area (Å²) in [4.78, 5) is 10.8. The maximum absolute atomic E-state index is 10.8. The summed E-state index contributed by atoms with van der Waals surface area (Å²) in [6.45, 7) is 3.35. The van der Waals surface area contributed by atoms with Gasteiger partial charge < -0.3 is 14.9 Å². The van der Waals surface area contributed by atoms with Crippen molar-refractivity contribution in [1.29, 1.82) is 0 Å². The number of carboxylic acids is 1. The van der Waals surface area contributed by atoms with Crippen LogP contribution in [0.2, 0.25) is 0 Å². The van der Waals surface area contributed by atoms with E-state index in [0.717, 1.165) is 0 Å². The second-order valence-electron chi connectivity index (χ2n) is 3.64. The van der Waals surface area contributed by atoms with Crippen LogP contribution in [0.4, 0.5) is 0 Å². The zero-order valence-electron chi connectivity index (χ0n) is 9.28. The third-order valence-electron chi connectivity index (χ3n) is 2.23. The molecule has 0 aliphatic heterocycles. The van der Waals surface area contributed by atoms with Gasteiger partial charge >= 0.3 is 5.97 Å². The number of ether oxygens (including phenoxy) is 1. The summed E-state index contributed by atoms with van der Waals surface area (Å²) in [5, 5.41) is 18.2. The van der Waals surface area contributed by atoms with Crippen LogP contribution in [0.15, 0.2) is 21.1 Å². The predicted molar refractivity (Wildman–Crippen MR) is 70.6 cm³/mol. The van der Waals surface area contributed by atoms with Gasteiger partial charge in [0.05, 0.1) is 20.6 Å². The summed E-state index contributed by atoms with van der Waals surface area (Å²) in [5.74, 6) is -0.537. The van der Waals surface area contributed by atoms with Gasteiger partial charge in [0, 0.05) is 0 Å². The molecule has 0 heterocycles. The number of hydrogen-bond donors (Lipinski definition) is 2. The Morgan fingerprint density at radius 1 is 1.29 bits per heavy atom. The highest BCUT2D eigenvalue weighted by atomic mass is 79.9. The summed E-state index contributed by atoms with van der Waals surface area (Å²) < 4.78 is 6.58. The van der Waals surface area contributed by atoms with Gasteiger partial charge in [-0.15, -0.1) is 0 Å². The molecule has 1 aromatic carbocycles. The molecule has 0 aliphatic carbocycles. The summed E-state index contributed by atoms with van der Waals surface area (Å²) in [5.41, 5.74) is 0.154. The minimum Gasteiger partial charge on any atom is -0.486 e. The van der Waals surface area contributed by atoms with Crippen LogP contribution in [0.1, 0.15) is 24.2 Å². The Morgan fingerprint density at radius 2 is 1.76 bits per heavy atom. The number of hydrogen-bond acceptors (Lipinski definition) is 3. The van der Waals surface area contributed by atoms with Crippen molar-refractivity contribution in [2.75, 3.05) is 0 Å². The van der Waals surface area contributed by atoms with Crippen molar-refractivity contribution in [2.24, 2.45) is 0 Å². The first-order chi connectivity index (χ1) is 7.82. The van der Waals surface area contributed by atoms with E-state index < -0.39 is 18.2 Å². The van der Waals surface area contributed by atoms with Gasteiger partial charge in [0.25, 0.3) is 0 Å². The number of aliphatic hydroxyl groups excluding tert-OH is 1. The van der Waals surface area contributed by atoms with Crippen LogP contribution < -0.4 is 4.74 Å². The van der Waals surface area contributed by atoms with Crippen molar-refractivity contribution in [3.05, 3.63) is 26.6 Å². The number of aliphatic hydroxyl groups is 1. The molecular weight excluding hydrogens is 356 g/mol. The number of halogens is 2. The number of aromatic carboxylic acids is 1. The maximum Gasteiger partial charge on any atom is 0.335 e. The maximum atomic E-state index is 10.8.